The second-order valence-electron chi connectivity index (χ2n) is 7.09. The first kappa shape index (κ1) is 16.7. The molecule has 0 N–H and O–H groups in total. The summed E-state index contributed by atoms with van der Waals surface area (Å²) in [5.41, 5.74) is 2.43. The van der Waals surface area contributed by atoms with Gasteiger partial charge in [0.05, 0.1) is 23.8 Å². The normalized spacial score (nSPS) is 16.9. The number of carbonyl (C=O) groups excluding carboxylic acids is 1. The minimum absolute atomic E-state index is 0.0157. The Labute approximate surface area is 153 Å². The molecule has 0 aliphatic carbocycles. The third-order valence-electron chi connectivity index (χ3n) is 4.90. The van der Waals surface area contributed by atoms with Gasteiger partial charge in [-0.25, -0.2) is 4.98 Å². The first-order chi connectivity index (χ1) is 12.6. The topological polar surface area (TPSA) is 54.3 Å². The molecule has 3 aromatic rings. The summed E-state index contributed by atoms with van der Waals surface area (Å²) in [5, 5.41) is 5.51. The Balaban J connectivity index is 1.59. The lowest BCUT2D eigenvalue weighted by Crippen LogP contribution is -2.42. The molecule has 0 bridgehead atoms. The molecular formula is C20H23N5O. The molecule has 26 heavy (non-hydrogen) atoms. The van der Waals surface area contributed by atoms with Gasteiger partial charge in [-0.15, -0.1) is 0 Å². The van der Waals surface area contributed by atoms with Crippen molar-refractivity contribution in [2.75, 3.05) is 27.2 Å². The number of fused-ring (bicyclic) bond motifs is 2. The molecule has 0 radical (unpaired) electrons. The van der Waals surface area contributed by atoms with E-state index in [4.69, 9.17) is 0 Å². The van der Waals surface area contributed by atoms with Crippen molar-refractivity contribution in [3.05, 3.63) is 60.0 Å². The maximum Gasteiger partial charge on any atom is 0.272 e. The molecule has 0 spiro atoms. The van der Waals surface area contributed by atoms with E-state index in [0.29, 0.717) is 18.8 Å². The average Bonchev–Trinajstić information content (AvgIpc) is 3.13. The number of amides is 1. The fraction of sp³-hybridized carbons (Fsp3) is 0.350. The molecule has 1 unspecified atom stereocenters. The molecule has 0 fully saturated rings. The summed E-state index contributed by atoms with van der Waals surface area (Å²) < 4.78 is 2.07. The van der Waals surface area contributed by atoms with E-state index in [1.165, 1.54) is 0 Å². The lowest BCUT2D eigenvalue weighted by molar-refractivity contribution is 0.0654. The molecule has 1 aliphatic heterocycles. The smallest absolute Gasteiger partial charge is 0.272 e. The molecule has 6 nitrogen and oxygen atoms in total. The Bertz CT molecular complexity index is 933. The van der Waals surface area contributed by atoms with Crippen molar-refractivity contribution in [3.63, 3.8) is 0 Å². The van der Waals surface area contributed by atoms with E-state index in [0.717, 1.165) is 29.6 Å². The van der Waals surface area contributed by atoms with Crippen LogP contribution in [0.2, 0.25) is 0 Å². The summed E-state index contributed by atoms with van der Waals surface area (Å²) in [6.45, 7) is 2.20. The first-order valence-electron chi connectivity index (χ1n) is 8.94. The number of para-hydroxylation sites is 1. The minimum atomic E-state index is -0.0157. The Morgan fingerprint density at radius 1 is 1.19 bits per heavy atom. The van der Waals surface area contributed by atoms with Crippen LogP contribution in [0.4, 0.5) is 0 Å². The van der Waals surface area contributed by atoms with Crippen LogP contribution in [0, 0.1) is 0 Å². The van der Waals surface area contributed by atoms with E-state index in [-0.39, 0.29) is 11.9 Å². The second-order valence-corrected chi connectivity index (χ2v) is 7.09. The van der Waals surface area contributed by atoms with Crippen LogP contribution in [0.3, 0.4) is 0 Å². The Hall–Kier alpha value is -2.73. The van der Waals surface area contributed by atoms with Gasteiger partial charge in [0.25, 0.3) is 5.91 Å². The molecule has 1 aliphatic rings. The SMILES string of the molecule is CN(C)CCC1CN(C(=O)c2ccc3ccccc3n2)Cc2ccnn21. The molecule has 1 amide bonds. The summed E-state index contributed by atoms with van der Waals surface area (Å²) in [6, 6.07) is 13.9. The summed E-state index contributed by atoms with van der Waals surface area (Å²) in [6.07, 6.45) is 2.77. The molecule has 1 aromatic carbocycles. The van der Waals surface area contributed by atoms with E-state index in [9.17, 15) is 4.79 Å². The molecule has 2 aromatic heterocycles. The van der Waals surface area contributed by atoms with Crippen LogP contribution < -0.4 is 0 Å². The Kier molecular flexibility index (Phi) is 4.42. The number of carbonyl (C=O) groups is 1. The van der Waals surface area contributed by atoms with Gasteiger partial charge < -0.3 is 9.80 Å². The maximum atomic E-state index is 13.1. The first-order valence-corrected chi connectivity index (χ1v) is 8.94. The monoisotopic (exact) mass is 349 g/mol. The highest BCUT2D eigenvalue weighted by molar-refractivity contribution is 5.95. The van der Waals surface area contributed by atoms with Gasteiger partial charge >= 0.3 is 0 Å². The van der Waals surface area contributed by atoms with Gasteiger partial charge in [-0.05, 0) is 45.3 Å². The number of hydrogen-bond donors (Lipinski definition) is 0. The van der Waals surface area contributed by atoms with Gasteiger partial charge in [0.15, 0.2) is 0 Å². The average molecular weight is 349 g/mol. The molecular weight excluding hydrogens is 326 g/mol. The van der Waals surface area contributed by atoms with E-state index in [1.54, 1.807) is 0 Å². The van der Waals surface area contributed by atoms with Crippen LogP contribution >= 0.6 is 0 Å². The van der Waals surface area contributed by atoms with Gasteiger partial charge in [0.2, 0.25) is 0 Å². The van der Waals surface area contributed by atoms with Crippen molar-refractivity contribution in [1.29, 1.82) is 0 Å². The number of benzene rings is 1. The molecule has 134 valence electrons. The highest BCUT2D eigenvalue weighted by Crippen LogP contribution is 2.24. The van der Waals surface area contributed by atoms with Crippen LogP contribution in [0.1, 0.15) is 28.6 Å². The number of hydrogen-bond acceptors (Lipinski definition) is 4. The number of rotatable bonds is 4. The Morgan fingerprint density at radius 2 is 2.04 bits per heavy atom. The van der Waals surface area contributed by atoms with Gasteiger partial charge in [-0.2, -0.15) is 5.10 Å². The zero-order chi connectivity index (χ0) is 18.1. The number of pyridine rings is 1. The van der Waals surface area contributed by atoms with Crippen LogP contribution in [0.15, 0.2) is 48.7 Å². The largest absolute Gasteiger partial charge is 0.329 e. The zero-order valence-corrected chi connectivity index (χ0v) is 15.2. The van der Waals surface area contributed by atoms with Crippen LogP contribution in [-0.2, 0) is 6.54 Å². The van der Waals surface area contributed by atoms with Gasteiger partial charge in [-0.1, -0.05) is 24.3 Å². The molecule has 6 heteroatoms. The molecule has 0 saturated carbocycles. The third kappa shape index (κ3) is 3.20. The standard InChI is InChI=1S/C20H23N5O/c1-23(2)12-10-17-14-24(13-16-9-11-21-25(16)17)20(26)19-8-7-15-5-3-4-6-18(15)22-19/h3-9,11,17H,10,12-14H2,1-2H3. The van der Waals surface area contributed by atoms with E-state index < -0.39 is 0 Å². The highest BCUT2D eigenvalue weighted by Gasteiger charge is 2.29. The van der Waals surface area contributed by atoms with Crippen molar-refractivity contribution < 1.29 is 4.79 Å². The fourth-order valence-corrected chi connectivity index (χ4v) is 3.51. The van der Waals surface area contributed by atoms with Crippen molar-refractivity contribution in [2.24, 2.45) is 0 Å². The second kappa shape index (κ2) is 6.88. The summed E-state index contributed by atoms with van der Waals surface area (Å²) in [4.78, 5) is 21.7. The fourth-order valence-electron chi connectivity index (χ4n) is 3.51. The van der Waals surface area contributed by atoms with Crippen molar-refractivity contribution in [1.82, 2.24) is 24.6 Å². The van der Waals surface area contributed by atoms with E-state index >= 15 is 0 Å². The van der Waals surface area contributed by atoms with Gasteiger partial charge in [0, 0.05) is 18.1 Å². The van der Waals surface area contributed by atoms with Crippen molar-refractivity contribution in [2.45, 2.75) is 19.0 Å². The molecule has 1 atom stereocenters. The highest BCUT2D eigenvalue weighted by atomic mass is 16.2. The van der Waals surface area contributed by atoms with Crippen LogP contribution in [0.5, 0.6) is 0 Å². The quantitative estimate of drug-likeness (QED) is 0.726. The minimum Gasteiger partial charge on any atom is -0.329 e. The summed E-state index contributed by atoms with van der Waals surface area (Å²) in [7, 11) is 4.13. The van der Waals surface area contributed by atoms with E-state index in [1.807, 2.05) is 53.6 Å². The lowest BCUT2D eigenvalue weighted by atomic mass is 10.1. The van der Waals surface area contributed by atoms with Crippen molar-refractivity contribution in [3.8, 4) is 0 Å². The van der Waals surface area contributed by atoms with Gasteiger partial charge in [-0.3, -0.25) is 9.48 Å². The van der Waals surface area contributed by atoms with Crippen LogP contribution in [-0.4, -0.2) is 57.7 Å². The predicted molar refractivity (Wildman–Crippen MR) is 101 cm³/mol. The van der Waals surface area contributed by atoms with Crippen molar-refractivity contribution >= 4 is 16.8 Å². The zero-order valence-electron chi connectivity index (χ0n) is 15.2. The molecule has 3 heterocycles. The summed E-state index contributed by atoms with van der Waals surface area (Å²) >= 11 is 0. The van der Waals surface area contributed by atoms with Gasteiger partial charge in [0.1, 0.15) is 5.69 Å². The lowest BCUT2D eigenvalue weighted by Gasteiger charge is -2.34. The predicted octanol–water partition coefficient (Wildman–Crippen LogP) is 2.58. The summed E-state index contributed by atoms with van der Waals surface area (Å²) in [5.74, 6) is -0.0157. The third-order valence-corrected chi connectivity index (χ3v) is 4.90. The maximum absolute atomic E-state index is 13.1. The van der Waals surface area contributed by atoms with E-state index in [2.05, 4.69) is 33.8 Å². The number of aromatic nitrogens is 3. The molecule has 0 saturated heterocycles. The molecule has 4 rings (SSSR count). The number of nitrogens with zero attached hydrogens (tertiary/aromatic N) is 5. The van der Waals surface area contributed by atoms with Crippen LogP contribution in [0.25, 0.3) is 10.9 Å². The Morgan fingerprint density at radius 3 is 2.88 bits per heavy atom.